The van der Waals surface area contributed by atoms with Crippen LogP contribution in [0.15, 0.2) is 0 Å². The number of hydrogen-bond donors (Lipinski definition) is 1. The first-order valence-electron chi connectivity index (χ1n) is 5.52. The van der Waals surface area contributed by atoms with Crippen molar-refractivity contribution in [3.63, 3.8) is 0 Å². The zero-order chi connectivity index (χ0) is 12.4. The fourth-order valence-electron chi connectivity index (χ4n) is 1.08. The van der Waals surface area contributed by atoms with E-state index in [1.807, 2.05) is 0 Å². The lowest BCUT2D eigenvalue weighted by molar-refractivity contribution is -0.140. The number of hydrogen-bond acceptors (Lipinski definition) is 5. The summed E-state index contributed by atoms with van der Waals surface area (Å²) >= 11 is 1.62. The first-order chi connectivity index (χ1) is 7.57. The van der Waals surface area contributed by atoms with E-state index in [4.69, 9.17) is 4.74 Å². The molecule has 5 heteroatoms. The maximum atomic E-state index is 11.3. The second kappa shape index (κ2) is 9.66. The minimum Gasteiger partial charge on any atom is -0.465 e. The lowest BCUT2D eigenvalue weighted by Crippen LogP contribution is -2.38. The van der Waals surface area contributed by atoms with Crippen LogP contribution < -0.4 is 5.32 Å². The van der Waals surface area contributed by atoms with Gasteiger partial charge < -0.3 is 10.1 Å². The Morgan fingerprint density at radius 2 is 2.06 bits per heavy atom. The smallest absolute Gasteiger partial charge is 0.302 e. The molecule has 1 unspecified atom stereocenters. The summed E-state index contributed by atoms with van der Waals surface area (Å²) in [4.78, 5) is 21.8. The van der Waals surface area contributed by atoms with Gasteiger partial charge in [-0.1, -0.05) is 6.92 Å². The predicted octanol–water partition coefficient (Wildman–Crippen LogP) is 1.24. The topological polar surface area (TPSA) is 55.4 Å². The lowest BCUT2D eigenvalue weighted by Gasteiger charge is -2.14. The van der Waals surface area contributed by atoms with E-state index in [-0.39, 0.29) is 17.8 Å². The van der Waals surface area contributed by atoms with Crippen molar-refractivity contribution in [1.82, 2.24) is 5.32 Å². The largest absolute Gasteiger partial charge is 0.465 e. The molecule has 0 saturated heterocycles. The van der Waals surface area contributed by atoms with Gasteiger partial charge in [0.1, 0.15) is 12.4 Å². The van der Waals surface area contributed by atoms with Gasteiger partial charge in [0.15, 0.2) is 0 Å². The van der Waals surface area contributed by atoms with Crippen LogP contribution in [0.4, 0.5) is 0 Å². The quantitative estimate of drug-likeness (QED) is 0.491. The second-order valence-corrected chi connectivity index (χ2v) is 4.68. The van der Waals surface area contributed by atoms with Gasteiger partial charge in [-0.25, -0.2) is 0 Å². The molecule has 0 aromatic heterocycles. The van der Waals surface area contributed by atoms with Crippen molar-refractivity contribution in [3.05, 3.63) is 0 Å². The van der Waals surface area contributed by atoms with E-state index >= 15 is 0 Å². The second-order valence-electron chi connectivity index (χ2n) is 3.53. The van der Waals surface area contributed by atoms with Crippen LogP contribution in [0, 0.1) is 0 Å². The van der Waals surface area contributed by atoms with E-state index in [1.54, 1.807) is 18.7 Å². The fourth-order valence-corrected chi connectivity index (χ4v) is 2.04. The summed E-state index contributed by atoms with van der Waals surface area (Å²) in [6, 6.07) is -0.0812. The summed E-state index contributed by atoms with van der Waals surface area (Å²) in [5, 5.41) is 3.19. The molecular weight excluding hydrogens is 226 g/mol. The normalized spacial score (nSPS) is 12.2. The zero-order valence-electron chi connectivity index (χ0n) is 10.2. The number of carbonyl (C=O) groups excluding carboxylic acids is 2. The van der Waals surface area contributed by atoms with Crippen LogP contribution in [-0.4, -0.2) is 42.5 Å². The van der Waals surface area contributed by atoms with Crippen molar-refractivity contribution >= 4 is 23.5 Å². The Labute approximate surface area is 101 Å². The molecule has 16 heavy (non-hydrogen) atoms. The third kappa shape index (κ3) is 8.73. The SMILES string of the molecule is CCCNC(CSCCOC(C)=O)C(C)=O. The molecular formula is C11H21NO3S. The number of ketones is 1. The molecule has 0 heterocycles. The summed E-state index contributed by atoms with van der Waals surface area (Å²) < 4.78 is 4.80. The van der Waals surface area contributed by atoms with Gasteiger partial charge in [-0.3, -0.25) is 9.59 Å². The number of carbonyl (C=O) groups is 2. The van der Waals surface area contributed by atoms with Crippen LogP contribution in [0.25, 0.3) is 0 Å². The Balaban J connectivity index is 3.60. The molecule has 0 bridgehead atoms. The van der Waals surface area contributed by atoms with Crippen molar-refractivity contribution < 1.29 is 14.3 Å². The van der Waals surface area contributed by atoms with Crippen molar-refractivity contribution in [1.29, 1.82) is 0 Å². The van der Waals surface area contributed by atoms with E-state index < -0.39 is 0 Å². The highest BCUT2D eigenvalue weighted by molar-refractivity contribution is 7.99. The van der Waals surface area contributed by atoms with E-state index in [1.165, 1.54) is 6.92 Å². The number of Topliss-reactive ketones (excluding diaryl/α,β-unsaturated/α-hetero) is 1. The van der Waals surface area contributed by atoms with Gasteiger partial charge in [0.25, 0.3) is 0 Å². The predicted molar refractivity (Wildman–Crippen MR) is 66.7 cm³/mol. The van der Waals surface area contributed by atoms with Gasteiger partial charge >= 0.3 is 5.97 Å². The molecule has 0 aliphatic carbocycles. The van der Waals surface area contributed by atoms with E-state index in [0.29, 0.717) is 6.61 Å². The maximum absolute atomic E-state index is 11.3. The van der Waals surface area contributed by atoms with E-state index in [2.05, 4.69) is 12.2 Å². The van der Waals surface area contributed by atoms with Crippen LogP contribution in [-0.2, 0) is 14.3 Å². The van der Waals surface area contributed by atoms with Gasteiger partial charge in [0.2, 0.25) is 0 Å². The van der Waals surface area contributed by atoms with E-state index in [0.717, 1.165) is 24.5 Å². The van der Waals surface area contributed by atoms with Crippen LogP contribution >= 0.6 is 11.8 Å². The average Bonchev–Trinajstić information content (AvgIpc) is 2.21. The number of ether oxygens (including phenoxy) is 1. The van der Waals surface area contributed by atoms with Gasteiger partial charge in [-0.05, 0) is 19.9 Å². The number of esters is 1. The van der Waals surface area contributed by atoms with Crippen molar-refractivity contribution in [2.45, 2.75) is 33.2 Å². The molecule has 0 radical (unpaired) electrons. The minimum atomic E-state index is -0.257. The summed E-state index contributed by atoms with van der Waals surface area (Å²) in [6.07, 6.45) is 1.02. The zero-order valence-corrected chi connectivity index (χ0v) is 11.1. The lowest BCUT2D eigenvalue weighted by atomic mass is 10.2. The highest BCUT2D eigenvalue weighted by Gasteiger charge is 2.12. The first-order valence-corrected chi connectivity index (χ1v) is 6.68. The Kier molecular flexibility index (Phi) is 9.33. The highest BCUT2D eigenvalue weighted by atomic mass is 32.2. The Morgan fingerprint density at radius 3 is 2.56 bits per heavy atom. The summed E-state index contributed by atoms with van der Waals surface area (Å²) in [7, 11) is 0. The third-order valence-electron chi connectivity index (χ3n) is 1.95. The fraction of sp³-hybridized carbons (Fsp3) is 0.818. The van der Waals surface area contributed by atoms with Gasteiger partial charge in [-0.15, -0.1) is 0 Å². The third-order valence-corrected chi connectivity index (χ3v) is 2.97. The molecule has 0 fully saturated rings. The van der Waals surface area contributed by atoms with Gasteiger partial charge in [0, 0.05) is 18.4 Å². The number of nitrogens with one attached hydrogen (secondary N) is 1. The Morgan fingerprint density at radius 1 is 1.38 bits per heavy atom. The molecule has 0 spiro atoms. The molecule has 1 N–H and O–H groups in total. The number of thioether (sulfide) groups is 1. The molecule has 0 aliphatic rings. The standard InChI is InChI=1S/C11H21NO3S/c1-4-5-12-11(9(2)13)8-16-7-6-15-10(3)14/h11-12H,4-8H2,1-3H3. The molecule has 0 aliphatic heterocycles. The van der Waals surface area contributed by atoms with Crippen molar-refractivity contribution in [3.8, 4) is 0 Å². The van der Waals surface area contributed by atoms with Crippen LogP contribution in [0.2, 0.25) is 0 Å². The maximum Gasteiger partial charge on any atom is 0.302 e. The summed E-state index contributed by atoms with van der Waals surface area (Å²) in [5.41, 5.74) is 0. The Hall–Kier alpha value is -0.550. The van der Waals surface area contributed by atoms with Crippen LogP contribution in [0.1, 0.15) is 27.2 Å². The van der Waals surface area contributed by atoms with Gasteiger partial charge in [0.05, 0.1) is 6.04 Å². The van der Waals surface area contributed by atoms with Crippen LogP contribution in [0.3, 0.4) is 0 Å². The molecule has 94 valence electrons. The molecule has 0 aromatic carbocycles. The molecule has 0 saturated carbocycles. The van der Waals surface area contributed by atoms with Crippen molar-refractivity contribution in [2.75, 3.05) is 24.7 Å². The molecule has 4 nitrogen and oxygen atoms in total. The van der Waals surface area contributed by atoms with Gasteiger partial charge in [-0.2, -0.15) is 11.8 Å². The highest BCUT2D eigenvalue weighted by Crippen LogP contribution is 2.04. The van der Waals surface area contributed by atoms with Crippen molar-refractivity contribution in [2.24, 2.45) is 0 Å². The average molecular weight is 247 g/mol. The van der Waals surface area contributed by atoms with E-state index in [9.17, 15) is 9.59 Å². The molecule has 0 amide bonds. The number of rotatable bonds is 9. The minimum absolute atomic E-state index is 0.0812. The molecule has 0 aromatic rings. The summed E-state index contributed by atoms with van der Waals surface area (Å²) in [5.74, 6) is 1.37. The monoisotopic (exact) mass is 247 g/mol. The van der Waals surface area contributed by atoms with Crippen LogP contribution in [0.5, 0.6) is 0 Å². The first kappa shape index (κ1) is 15.4. The molecule has 1 atom stereocenters. The molecule has 0 rings (SSSR count). The summed E-state index contributed by atoms with van der Waals surface area (Å²) in [6.45, 7) is 6.33. The Bertz CT molecular complexity index is 221.